The first-order chi connectivity index (χ1) is 7.10. The van der Waals surface area contributed by atoms with E-state index in [1.54, 1.807) is 20.1 Å². The molecule has 0 heterocycles. The molecule has 1 atom stereocenters. The second-order valence-corrected chi connectivity index (χ2v) is 3.46. The number of carbonyl (C=O) groups excluding carboxylic acids is 1. The summed E-state index contributed by atoms with van der Waals surface area (Å²) in [5, 5.41) is 3.09. The van der Waals surface area contributed by atoms with Crippen molar-refractivity contribution in [3.8, 4) is 0 Å². The lowest BCUT2D eigenvalue weighted by molar-refractivity contribution is -0.151. The lowest BCUT2D eigenvalue weighted by Crippen LogP contribution is -2.51. The van der Waals surface area contributed by atoms with Gasteiger partial charge in [0.2, 0.25) is 0 Å². The highest BCUT2D eigenvalue weighted by molar-refractivity contribution is 5.80. The summed E-state index contributed by atoms with van der Waals surface area (Å²) in [6.45, 7) is 8.68. The molecule has 0 aromatic rings. The van der Waals surface area contributed by atoms with Gasteiger partial charge in [-0.25, -0.2) is 0 Å². The maximum atomic E-state index is 11.7. The van der Waals surface area contributed by atoms with Crippen molar-refractivity contribution in [3.63, 3.8) is 0 Å². The molecule has 1 unspecified atom stereocenters. The van der Waals surface area contributed by atoms with E-state index in [2.05, 4.69) is 11.9 Å². The maximum absolute atomic E-state index is 11.7. The molecule has 0 amide bonds. The predicted molar refractivity (Wildman–Crippen MR) is 59.7 cm³/mol. The molecule has 0 aliphatic heterocycles. The van der Waals surface area contributed by atoms with Gasteiger partial charge in [-0.1, -0.05) is 6.08 Å². The summed E-state index contributed by atoms with van der Waals surface area (Å²) >= 11 is 0. The van der Waals surface area contributed by atoms with E-state index in [1.807, 2.05) is 6.92 Å². The highest BCUT2D eigenvalue weighted by Crippen LogP contribution is 2.12. The molecule has 1 N–H and O–H groups in total. The molecule has 0 spiro atoms. The van der Waals surface area contributed by atoms with Gasteiger partial charge in [0.15, 0.2) is 0 Å². The van der Waals surface area contributed by atoms with Crippen molar-refractivity contribution in [1.82, 2.24) is 5.32 Å². The first kappa shape index (κ1) is 14.1. The SMILES string of the molecule is C=CCNC(C)(CCOC)C(=O)OCC. The Kier molecular flexibility index (Phi) is 6.99. The van der Waals surface area contributed by atoms with Crippen molar-refractivity contribution >= 4 is 5.97 Å². The Morgan fingerprint density at radius 1 is 1.60 bits per heavy atom. The van der Waals surface area contributed by atoms with Crippen LogP contribution in [0.1, 0.15) is 20.3 Å². The Hall–Kier alpha value is -0.870. The summed E-state index contributed by atoms with van der Waals surface area (Å²) in [7, 11) is 1.61. The van der Waals surface area contributed by atoms with Gasteiger partial charge >= 0.3 is 5.97 Å². The Morgan fingerprint density at radius 2 is 2.27 bits per heavy atom. The van der Waals surface area contributed by atoms with Crippen LogP contribution in [0, 0.1) is 0 Å². The second kappa shape index (κ2) is 7.43. The third-order valence-electron chi connectivity index (χ3n) is 2.17. The van der Waals surface area contributed by atoms with Gasteiger partial charge in [0.25, 0.3) is 0 Å². The molecule has 0 saturated carbocycles. The zero-order chi connectivity index (χ0) is 11.7. The standard InChI is InChI=1S/C11H21NO3/c1-5-8-12-11(3,7-9-14-4)10(13)15-6-2/h5,12H,1,6-9H2,2-4H3. The molecule has 15 heavy (non-hydrogen) atoms. The molecule has 0 aliphatic rings. The number of hydrogen-bond donors (Lipinski definition) is 1. The molecule has 0 saturated heterocycles. The molecular weight excluding hydrogens is 194 g/mol. The van der Waals surface area contributed by atoms with E-state index in [0.717, 1.165) is 0 Å². The molecular formula is C11H21NO3. The first-order valence-corrected chi connectivity index (χ1v) is 5.12. The number of esters is 1. The van der Waals surface area contributed by atoms with Crippen molar-refractivity contribution < 1.29 is 14.3 Å². The highest BCUT2D eigenvalue weighted by Gasteiger charge is 2.33. The number of rotatable bonds is 8. The number of ether oxygens (including phenoxy) is 2. The number of nitrogens with one attached hydrogen (secondary N) is 1. The van der Waals surface area contributed by atoms with Gasteiger partial charge < -0.3 is 9.47 Å². The van der Waals surface area contributed by atoms with Crippen LogP contribution in [0.15, 0.2) is 12.7 Å². The van der Waals surface area contributed by atoms with Gasteiger partial charge in [-0.2, -0.15) is 0 Å². The lowest BCUT2D eigenvalue weighted by atomic mass is 9.98. The van der Waals surface area contributed by atoms with E-state index >= 15 is 0 Å². The molecule has 0 aromatic heterocycles. The van der Waals surface area contributed by atoms with E-state index in [1.165, 1.54) is 0 Å². The highest BCUT2D eigenvalue weighted by atomic mass is 16.5. The third-order valence-corrected chi connectivity index (χ3v) is 2.17. The van der Waals surface area contributed by atoms with Crippen molar-refractivity contribution in [2.24, 2.45) is 0 Å². The van der Waals surface area contributed by atoms with E-state index in [4.69, 9.17) is 9.47 Å². The van der Waals surface area contributed by atoms with E-state index < -0.39 is 5.54 Å². The fourth-order valence-corrected chi connectivity index (χ4v) is 1.16. The zero-order valence-corrected chi connectivity index (χ0v) is 9.84. The van der Waals surface area contributed by atoms with E-state index in [0.29, 0.717) is 26.2 Å². The minimum absolute atomic E-state index is 0.246. The maximum Gasteiger partial charge on any atom is 0.326 e. The van der Waals surface area contributed by atoms with Crippen LogP contribution in [-0.2, 0) is 14.3 Å². The van der Waals surface area contributed by atoms with Gasteiger partial charge in [0.1, 0.15) is 5.54 Å². The monoisotopic (exact) mass is 215 g/mol. The molecule has 0 bridgehead atoms. The molecule has 0 aromatic carbocycles. The molecule has 0 radical (unpaired) electrons. The summed E-state index contributed by atoms with van der Waals surface area (Å²) in [5.74, 6) is -0.246. The van der Waals surface area contributed by atoms with Crippen LogP contribution in [0.4, 0.5) is 0 Å². The zero-order valence-electron chi connectivity index (χ0n) is 9.84. The summed E-state index contributed by atoms with van der Waals surface area (Å²) in [4.78, 5) is 11.7. The number of carbonyl (C=O) groups is 1. The Morgan fingerprint density at radius 3 is 2.73 bits per heavy atom. The van der Waals surface area contributed by atoms with Crippen molar-refractivity contribution in [2.45, 2.75) is 25.8 Å². The minimum atomic E-state index is -0.694. The predicted octanol–water partition coefficient (Wildman–Crippen LogP) is 1.12. The summed E-state index contributed by atoms with van der Waals surface area (Å²) in [5.41, 5.74) is -0.694. The van der Waals surface area contributed by atoms with E-state index in [-0.39, 0.29) is 5.97 Å². The molecule has 0 aliphatic carbocycles. The first-order valence-electron chi connectivity index (χ1n) is 5.12. The average Bonchev–Trinajstić information content (AvgIpc) is 2.24. The van der Waals surface area contributed by atoms with Gasteiger partial charge in [-0.05, 0) is 20.3 Å². The van der Waals surface area contributed by atoms with Gasteiger partial charge in [-0.15, -0.1) is 6.58 Å². The van der Waals surface area contributed by atoms with Crippen molar-refractivity contribution in [2.75, 3.05) is 26.9 Å². The van der Waals surface area contributed by atoms with Crippen LogP contribution >= 0.6 is 0 Å². The number of methoxy groups -OCH3 is 1. The second-order valence-electron chi connectivity index (χ2n) is 3.46. The van der Waals surface area contributed by atoms with Crippen LogP contribution < -0.4 is 5.32 Å². The van der Waals surface area contributed by atoms with Gasteiger partial charge in [0.05, 0.1) is 6.61 Å². The molecule has 0 fully saturated rings. The van der Waals surface area contributed by atoms with Gasteiger partial charge in [-0.3, -0.25) is 10.1 Å². The van der Waals surface area contributed by atoms with Crippen molar-refractivity contribution in [1.29, 1.82) is 0 Å². The summed E-state index contributed by atoms with van der Waals surface area (Å²) in [6.07, 6.45) is 2.29. The minimum Gasteiger partial charge on any atom is -0.465 e. The topological polar surface area (TPSA) is 47.6 Å². The fourth-order valence-electron chi connectivity index (χ4n) is 1.16. The normalized spacial score (nSPS) is 14.3. The summed E-state index contributed by atoms with van der Waals surface area (Å²) in [6, 6.07) is 0. The third kappa shape index (κ3) is 4.95. The van der Waals surface area contributed by atoms with Crippen LogP contribution in [0.3, 0.4) is 0 Å². The smallest absolute Gasteiger partial charge is 0.326 e. The Labute approximate surface area is 91.6 Å². The van der Waals surface area contributed by atoms with Crippen LogP contribution in [0.5, 0.6) is 0 Å². The van der Waals surface area contributed by atoms with Gasteiger partial charge in [0, 0.05) is 20.3 Å². The van der Waals surface area contributed by atoms with Crippen LogP contribution in [0.25, 0.3) is 0 Å². The van der Waals surface area contributed by atoms with Crippen LogP contribution in [0.2, 0.25) is 0 Å². The molecule has 4 nitrogen and oxygen atoms in total. The van der Waals surface area contributed by atoms with E-state index in [9.17, 15) is 4.79 Å². The average molecular weight is 215 g/mol. The quantitative estimate of drug-likeness (QED) is 0.487. The van der Waals surface area contributed by atoms with Crippen molar-refractivity contribution in [3.05, 3.63) is 12.7 Å². The lowest BCUT2D eigenvalue weighted by Gasteiger charge is -2.27. The fraction of sp³-hybridized carbons (Fsp3) is 0.727. The Balaban J connectivity index is 4.37. The summed E-state index contributed by atoms with van der Waals surface area (Å²) < 4.78 is 9.98. The molecule has 88 valence electrons. The largest absolute Gasteiger partial charge is 0.465 e. The molecule has 4 heteroatoms. The molecule has 0 rings (SSSR count). The Bertz CT molecular complexity index is 206. The number of hydrogen-bond acceptors (Lipinski definition) is 4. The van der Waals surface area contributed by atoms with Crippen LogP contribution in [-0.4, -0.2) is 38.4 Å².